The number of nitrogens with one attached hydrogen (secondary N) is 1. The van der Waals surface area contributed by atoms with Gasteiger partial charge in [0.2, 0.25) is 15.9 Å². The molecule has 0 radical (unpaired) electrons. The SMILES string of the molecule is NCC1CCCN1S(=O)(=O)c1cc2c(cc1Br)CCC(=O)N2. The van der Waals surface area contributed by atoms with Crippen LogP contribution in [0, 0.1) is 0 Å². The van der Waals surface area contributed by atoms with E-state index in [9.17, 15) is 13.2 Å². The van der Waals surface area contributed by atoms with Crippen LogP contribution in [0.2, 0.25) is 0 Å². The number of halogens is 1. The summed E-state index contributed by atoms with van der Waals surface area (Å²) < 4.78 is 27.8. The zero-order chi connectivity index (χ0) is 15.9. The van der Waals surface area contributed by atoms with Gasteiger partial charge in [-0.15, -0.1) is 0 Å². The lowest BCUT2D eigenvalue weighted by Gasteiger charge is -2.25. The molecule has 6 nitrogen and oxygen atoms in total. The summed E-state index contributed by atoms with van der Waals surface area (Å²) in [6.45, 7) is 0.804. The van der Waals surface area contributed by atoms with Crippen LogP contribution in [0.1, 0.15) is 24.8 Å². The summed E-state index contributed by atoms with van der Waals surface area (Å²) in [5.74, 6) is -0.0841. The number of fused-ring (bicyclic) bond motifs is 1. The molecule has 22 heavy (non-hydrogen) atoms. The lowest BCUT2D eigenvalue weighted by atomic mass is 10.0. The molecule has 0 aromatic heterocycles. The molecule has 0 spiro atoms. The Labute approximate surface area is 138 Å². The minimum absolute atomic E-state index is 0.0841. The van der Waals surface area contributed by atoms with Crippen LogP contribution in [0.3, 0.4) is 0 Å². The number of hydrogen-bond acceptors (Lipinski definition) is 4. The van der Waals surface area contributed by atoms with E-state index in [1.165, 1.54) is 4.31 Å². The Kier molecular flexibility index (Phi) is 4.28. The van der Waals surface area contributed by atoms with Gasteiger partial charge in [0.25, 0.3) is 0 Å². The van der Waals surface area contributed by atoms with Crippen LogP contribution in [0.4, 0.5) is 5.69 Å². The van der Waals surface area contributed by atoms with Crippen LogP contribution in [0.15, 0.2) is 21.5 Å². The molecular formula is C14H18BrN3O3S. The quantitative estimate of drug-likeness (QED) is 0.820. The first-order valence-corrected chi connectivity index (χ1v) is 9.51. The monoisotopic (exact) mass is 387 g/mol. The van der Waals surface area contributed by atoms with Crippen molar-refractivity contribution in [1.82, 2.24) is 4.31 Å². The Morgan fingerprint density at radius 1 is 1.36 bits per heavy atom. The molecule has 1 unspecified atom stereocenters. The maximum atomic E-state index is 12.9. The largest absolute Gasteiger partial charge is 0.329 e. The highest BCUT2D eigenvalue weighted by Crippen LogP contribution is 2.35. The van der Waals surface area contributed by atoms with Crippen molar-refractivity contribution in [3.8, 4) is 0 Å². The Morgan fingerprint density at radius 2 is 2.14 bits per heavy atom. The first-order chi connectivity index (χ1) is 10.4. The summed E-state index contributed by atoms with van der Waals surface area (Å²) in [6.07, 6.45) is 2.65. The van der Waals surface area contributed by atoms with Crippen molar-refractivity contribution < 1.29 is 13.2 Å². The van der Waals surface area contributed by atoms with E-state index >= 15 is 0 Å². The van der Waals surface area contributed by atoms with Crippen molar-refractivity contribution >= 4 is 37.5 Å². The summed E-state index contributed by atoms with van der Waals surface area (Å²) in [7, 11) is -3.63. The molecule has 1 amide bonds. The molecule has 3 N–H and O–H groups in total. The molecule has 2 aliphatic heterocycles. The minimum Gasteiger partial charge on any atom is -0.329 e. The number of nitrogens with zero attached hydrogens (tertiary/aromatic N) is 1. The summed E-state index contributed by atoms with van der Waals surface area (Å²) in [6, 6.07) is 3.19. The van der Waals surface area contributed by atoms with Gasteiger partial charge in [0.05, 0.1) is 4.90 Å². The van der Waals surface area contributed by atoms with E-state index in [0.717, 1.165) is 18.4 Å². The Hall–Kier alpha value is -0.960. The first-order valence-electron chi connectivity index (χ1n) is 7.27. The number of amides is 1. The fraction of sp³-hybridized carbons (Fsp3) is 0.500. The van der Waals surface area contributed by atoms with E-state index in [0.29, 0.717) is 36.1 Å². The minimum atomic E-state index is -3.63. The third-order valence-corrected chi connectivity index (χ3v) is 7.15. The van der Waals surface area contributed by atoms with Crippen LogP contribution in [0.5, 0.6) is 0 Å². The van der Waals surface area contributed by atoms with Gasteiger partial charge in [-0.1, -0.05) is 0 Å². The van der Waals surface area contributed by atoms with E-state index in [1.54, 1.807) is 12.1 Å². The standard InChI is InChI=1S/C14H18BrN3O3S/c15-11-6-9-3-4-14(19)17-12(9)7-13(11)22(20,21)18-5-1-2-10(18)8-16/h6-7,10H,1-5,8,16H2,(H,17,19). The maximum absolute atomic E-state index is 12.9. The number of benzene rings is 1. The molecule has 2 heterocycles. The van der Waals surface area contributed by atoms with Gasteiger partial charge in [-0.05, 0) is 52.9 Å². The van der Waals surface area contributed by atoms with Gasteiger partial charge in [0.15, 0.2) is 0 Å². The number of rotatable bonds is 3. The van der Waals surface area contributed by atoms with Gasteiger partial charge in [-0.2, -0.15) is 4.31 Å². The fourth-order valence-electron chi connectivity index (χ4n) is 3.06. The van der Waals surface area contributed by atoms with Gasteiger partial charge < -0.3 is 11.1 Å². The molecule has 2 aliphatic rings. The summed E-state index contributed by atoms with van der Waals surface area (Å²) in [5, 5.41) is 2.75. The number of hydrogen-bond donors (Lipinski definition) is 2. The van der Waals surface area contributed by atoms with E-state index < -0.39 is 10.0 Å². The topological polar surface area (TPSA) is 92.5 Å². The van der Waals surface area contributed by atoms with Crippen molar-refractivity contribution in [2.24, 2.45) is 5.73 Å². The molecule has 1 saturated heterocycles. The summed E-state index contributed by atoms with van der Waals surface area (Å²) in [5.41, 5.74) is 7.22. The number of anilines is 1. The number of carbonyl (C=O) groups excluding carboxylic acids is 1. The molecule has 8 heteroatoms. The fourth-order valence-corrected chi connectivity index (χ4v) is 5.85. The first kappa shape index (κ1) is 15.9. The van der Waals surface area contributed by atoms with Gasteiger partial charge >= 0.3 is 0 Å². The number of nitrogens with two attached hydrogens (primary N) is 1. The highest BCUT2D eigenvalue weighted by atomic mass is 79.9. The van der Waals surface area contributed by atoms with Crippen molar-refractivity contribution in [1.29, 1.82) is 0 Å². The second-order valence-corrected chi connectivity index (χ2v) is 8.35. The lowest BCUT2D eigenvalue weighted by molar-refractivity contribution is -0.116. The Morgan fingerprint density at radius 3 is 2.86 bits per heavy atom. The van der Waals surface area contributed by atoms with E-state index in [2.05, 4.69) is 21.2 Å². The number of sulfonamides is 1. The molecule has 0 bridgehead atoms. The van der Waals surface area contributed by atoms with Gasteiger partial charge in [0.1, 0.15) is 0 Å². The second-order valence-electron chi connectivity index (χ2n) is 5.64. The highest BCUT2D eigenvalue weighted by Gasteiger charge is 2.36. The van der Waals surface area contributed by atoms with Crippen LogP contribution in [-0.2, 0) is 21.2 Å². The molecule has 1 atom stereocenters. The van der Waals surface area contributed by atoms with Crippen LogP contribution >= 0.6 is 15.9 Å². The van der Waals surface area contributed by atoms with Gasteiger partial charge in [-0.25, -0.2) is 8.42 Å². The third-order valence-electron chi connectivity index (χ3n) is 4.24. The number of aryl methyl sites for hydroxylation is 1. The molecule has 1 aromatic carbocycles. The van der Waals surface area contributed by atoms with Crippen LogP contribution < -0.4 is 11.1 Å². The van der Waals surface area contributed by atoms with Crippen molar-refractivity contribution in [3.63, 3.8) is 0 Å². The smallest absolute Gasteiger partial charge is 0.244 e. The normalized spacial score (nSPS) is 22.5. The molecular weight excluding hydrogens is 370 g/mol. The van der Waals surface area contributed by atoms with Crippen molar-refractivity contribution in [2.45, 2.75) is 36.6 Å². The maximum Gasteiger partial charge on any atom is 0.244 e. The average molecular weight is 388 g/mol. The van der Waals surface area contributed by atoms with Gasteiger partial charge in [-0.3, -0.25) is 4.79 Å². The number of carbonyl (C=O) groups is 1. The molecule has 1 aromatic rings. The molecule has 120 valence electrons. The summed E-state index contributed by atoms with van der Waals surface area (Å²) in [4.78, 5) is 11.7. The highest BCUT2D eigenvalue weighted by molar-refractivity contribution is 9.10. The zero-order valence-electron chi connectivity index (χ0n) is 12.0. The molecule has 0 aliphatic carbocycles. The average Bonchev–Trinajstić information content (AvgIpc) is 2.96. The van der Waals surface area contributed by atoms with E-state index in [4.69, 9.17) is 5.73 Å². The second kappa shape index (κ2) is 5.92. The van der Waals surface area contributed by atoms with E-state index in [-0.39, 0.29) is 16.8 Å². The van der Waals surface area contributed by atoms with Crippen LogP contribution in [0.25, 0.3) is 0 Å². The van der Waals surface area contributed by atoms with Crippen molar-refractivity contribution in [3.05, 3.63) is 22.2 Å². The Balaban J connectivity index is 2.04. The molecule has 1 fully saturated rings. The lowest BCUT2D eigenvalue weighted by Crippen LogP contribution is -2.40. The van der Waals surface area contributed by atoms with Crippen LogP contribution in [-0.4, -0.2) is 37.8 Å². The van der Waals surface area contributed by atoms with Gasteiger partial charge in [0, 0.05) is 35.7 Å². The summed E-state index contributed by atoms with van der Waals surface area (Å²) >= 11 is 3.37. The zero-order valence-corrected chi connectivity index (χ0v) is 14.4. The predicted octanol–water partition coefficient (Wildman–Crippen LogP) is 1.45. The van der Waals surface area contributed by atoms with Crippen molar-refractivity contribution in [2.75, 3.05) is 18.4 Å². The third kappa shape index (κ3) is 2.68. The Bertz CT molecular complexity index is 720. The molecule has 0 saturated carbocycles. The molecule has 3 rings (SSSR count). The predicted molar refractivity (Wildman–Crippen MR) is 87.1 cm³/mol. The van der Waals surface area contributed by atoms with E-state index in [1.807, 2.05) is 0 Å².